The smallest absolute Gasteiger partial charge is 0.0593 e. The predicted octanol–water partition coefficient (Wildman–Crippen LogP) is 1.49. The van der Waals surface area contributed by atoms with Gasteiger partial charge in [0, 0.05) is 31.8 Å². The van der Waals surface area contributed by atoms with Crippen molar-refractivity contribution >= 4 is 0 Å². The van der Waals surface area contributed by atoms with Gasteiger partial charge in [0.1, 0.15) is 0 Å². The minimum atomic E-state index is 0.599. The highest BCUT2D eigenvalue weighted by molar-refractivity contribution is 4.79. The van der Waals surface area contributed by atoms with Gasteiger partial charge in [-0.05, 0) is 26.3 Å². The Kier molecular flexibility index (Phi) is 6.22. The molecule has 90 valence electrons. The molecule has 0 aliphatic carbocycles. The van der Waals surface area contributed by atoms with Crippen molar-refractivity contribution in [1.82, 2.24) is 10.2 Å². The first-order valence-corrected chi connectivity index (χ1v) is 6.28. The lowest BCUT2D eigenvalue weighted by atomic mass is 10.1. The quantitative estimate of drug-likeness (QED) is 0.678. The monoisotopic (exact) mass is 214 g/mol. The Morgan fingerprint density at radius 3 is 2.93 bits per heavy atom. The molecule has 0 aromatic heterocycles. The van der Waals surface area contributed by atoms with Crippen LogP contribution in [0.3, 0.4) is 0 Å². The number of hydrogen-bond acceptors (Lipinski definition) is 3. The van der Waals surface area contributed by atoms with Crippen LogP contribution in [0.2, 0.25) is 0 Å². The van der Waals surface area contributed by atoms with E-state index in [1.54, 1.807) is 0 Å². The second kappa shape index (κ2) is 7.20. The third kappa shape index (κ3) is 5.50. The van der Waals surface area contributed by atoms with E-state index < -0.39 is 0 Å². The van der Waals surface area contributed by atoms with Gasteiger partial charge in [-0.2, -0.15) is 0 Å². The summed E-state index contributed by atoms with van der Waals surface area (Å²) in [7, 11) is 0. The number of hydrogen-bond donors (Lipinski definition) is 1. The molecule has 1 heterocycles. The van der Waals surface area contributed by atoms with E-state index in [0.29, 0.717) is 12.1 Å². The Hall–Kier alpha value is -0.120. The topological polar surface area (TPSA) is 24.5 Å². The number of nitrogens with one attached hydrogen (secondary N) is 1. The first-order chi connectivity index (χ1) is 7.22. The molecule has 0 amide bonds. The number of likely N-dealkylation sites (tertiary alicyclic amines) is 1. The summed E-state index contributed by atoms with van der Waals surface area (Å²) in [4.78, 5) is 2.51. The zero-order valence-electron chi connectivity index (χ0n) is 10.5. The van der Waals surface area contributed by atoms with E-state index in [-0.39, 0.29) is 0 Å². The van der Waals surface area contributed by atoms with Crippen molar-refractivity contribution in [1.29, 1.82) is 0 Å². The van der Waals surface area contributed by atoms with Crippen LogP contribution >= 0.6 is 0 Å². The van der Waals surface area contributed by atoms with Gasteiger partial charge >= 0.3 is 0 Å². The minimum Gasteiger partial charge on any atom is -0.380 e. The molecule has 1 aliphatic rings. The fraction of sp³-hybridized carbons (Fsp3) is 1.00. The van der Waals surface area contributed by atoms with Crippen molar-refractivity contribution in [3.63, 3.8) is 0 Å². The molecular formula is C12H26N2O. The first-order valence-electron chi connectivity index (χ1n) is 6.28. The molecule has 1 N–H and O–H groups in total. The van der Waals surface area contributed by atoms with E-state index in [0.717, 1.165) is 19.8 Å². The van der Waals surface area contributed by atoms with Gasteiger partial charge in [0.05, 0.1) is 6.61 Å². The van der Waals surface area contributed by atoms with Gasteiger partial charge in [-0.25, -0.2) is 0 Å². The Labute approximate surface area is 94.2 Å². The van der Waals surface area contributed by atoms with Crippen molar-refractivity contribution < 1.29 is 4.74 Å². The van der Waals surface area contributed by atoms with Crippen LogP contribution in [0.4, 0.5) is 0 Å². The van der Waals surface area contributed by atoms with E-state index in [1.807, 2.05) is 0 Å². The number of nitrogens with zero attached hydrogens (tertiary/aromatic N) is 1. The molecule has 1 saturated heterocycles. The highest BCUT2D eigenvalue weighted by Crippen LogP contribution is 2.10. The molecule has 1 unspecified atom stereocenters. The third-order valence-electron chi connectivity index (χ3n) is 2.83. The maximum Gasteiger partial charge on any atom is 0.0593 e. The van der Waals surface area contributed by atoms with Crippen molar-refractivity contribution in [2.45, 2.75) is 45.7 Å². The zero-order chi connectivity index (χ0) is 11.1. The van der Waals surface area contributed by atoms with Crippen LogP contribution < -0.4 is 5.32 Å². The summed E-state index contributed by atoms with van der Waals surface area (Å²) in [5.74, 6) is 0. The summed E-state index contributed by atoms with van der Waals surface area (Å²) in [5, 5.41) is 3.62. The Balaban J connectivity index is 2.17. The number of piperidine rings is 1. The van der Waals surface area contributed by atoms with Crippen molar-refractivity contribution in [2.75, 3.05) is 32.8 Å². The highest BCUT2D eigenvalue weighted by atomic mass is 16.5. The molecule has 1 aliphatic heterocycles. The summed E-state index contributed by atoms with van der Waals surface area (Å²) in [6, 6.07) is 1.28. The largest absolute Gasteiger partial charge is 0.380 e. The molecule has 0 bridgehead atoms. The van der Waals surface area contributed by atoms with Gasteiger partial charge in [-0.1, -0.05) is 13.8 Å². The second-order valence-corrected chi connectivity index (χ2v) is 4.66. The molecule has 1 fully saturated rings. The lowest BCUT2D eigenvalue weighted by molar-refractivity contribution is 0.0963. The van der Waals surface area contributed by atoms with Crippen LogP contribution in [0.5, 0.6) is 0 Å². The van der Waals surface area contributed by atoms with Gasteiger partial charge in [0.15, 0.2) is 0 Å². The fourth-order valence-electron chi connectivity index (χ4n) is 2.20. The van der Waals surface area contributed by atoms with Gasteiger partial charge in [-0.15, -0.1) is 0 Å². The fourth-order valence-corrected chi connectivity index (χ4v) is 2.20. The molecule has 15 heavy (non-hydrogen) atoms. The standard InChI is InChI=1S/C12H26N2O/c1-4-15-9-8-14-7-5-6-12(10-14)13-11(2)3/h11-13H,4-10H2,1-3H3. The van der Waals surface area contributed by atoms with Crippen LogP contribution in [0.1, 0.15) is 33.6 Å². The van der Waals surface area contributed by atoms with E-state index in [9.17, 15) is 0 Å². The minimum absolute atomic E-state index is 0.599. The van der Waals surface area contributed by atoms with Gasteiger partial charge < -0.3 is 10.1 Å². The average Bonchev–Trinajstić information content (AvgIpc) is 2.18. The second-order valence-electron chi connectivity index (χ2n) is 4.66. The maximum absolute atomic E-state index is 5.39. The number of rotatable bonds is 6. The van der Waals surface area contributed by atoms with Gasteiger partial charge in [0.2, 0.25) is 0 Å². The Morgan fingerprint density at radius 1 is 1.47 bits per heavy atom. The van der Waals surface area contributed by atoms with Crippen LogP contribution in [-0.2, 0) is 4.74 Å². The SMILES string of the molecule is CCOCCN1CCCC(NC(C)C)C1. The van der Waals surface area contributed by atoms with Crippen molar-refractivity contribution in [3.05, 3.63) is 0 Å². The van der Waals surface area contributed by atoms with Gasteiger partial charge in [0.25, 0.3) is 0 Å². The Morgan fingerprint density at radius 2 is 2.27 bits per heavy atom. The summed E-state index contributed by atoms with van der Waals surface area (Å²) >= 11 is 0. The van der Waals surface area contributed by atoms with Crippen LogP contribution in [0.25, 0.3) is 0 Å². The highest BCUT2D eigenvalue weighted by Gasteiger charge is 2.19. The first kappa shape index (κ1) is 12.9. The van der Waals surface area contributed by atoms with E-state index >= 15 is 0 Å². The lowest BCUT2D eigenvalue weighted by Crippen LogP contribution is -2.48. The van der Waals surface area contributed by atoms with E-state index in [2.05, 4.69) is 31.0 Å². The molecule has 3 heteroatoms. The molecule has 1 atom stereocenters. The van der Waals surface area contributed by atoms with Gasteiger partial charge in [-0.3, -0.25) is 4.90 Å². The van der Waals surface area contributed by atoms with Crippen molar-refractivity contribution in [3.8, 4) is 0 Å². The molecular weight excluding hydrogens is 188 g/mol. The molecule has 0 radical (unpaired) electrons. The van der Waals surface area contributed by atoms with Crippen LogP contribution in [0, 0.1) is 0 Å². The third-order valence-corrected chi connectivity index (χ3v) is 2.83. The summed E-state index contributed by atoms with van der Waals surface area (Å²) in [5.41, 5.74) is 0. The molecule has 0 aromatic carbocycles. The van der Waals surface area contributed by atoms with E-state index in [1.165, 1.54) is 25.9 Å². The van der Waals surface area contributed by atoms with Crippen LogP contribution in [0.15, 0.2) is 0 Å². The Bertz CT molecular complexity index is 162. The molecule has 0 aromatic rings. The normalized spacial score (nSPS) is 23.6. The lowest BCUT2D eigenvalue weighted by Gasteiger charge is -2.34. The molecule has 1 rings (SSSR count). The maximum atomic E-state index is 5.39. The summed E-state index contributed by atoms with van der Waals surface area (Å²) in [6.45, 7) is 11.7. The van der Waals surface area contributed by atoms with E-state index in [4.69, 9.17) is 4.74 Å². The zero-order valence-corrected chi connectivity index (χ0v) is 10.5. The summed E-state index contributed by atoms with van der Waals surface area (Å²) < 4.78 is 5.39. The van der Waals surface area contributed by atoms with Crippen LogP contribution in [-0.4, -0.2) is 49.8 Å². The molecule has 0 spiro atoms. The van der Waals surface area contributed by atoms with Crippen molar-refractivity contribution in [2.24, 2.45) is 0 Å². The number of ether oxygens (including phenoxy) is 1. The average molecular weight is 214 g/mol. The predicted molar refractivity (Wildman–Crippen MR) is 64.2 cm³/mol. The molecule has 0 saturated carbocycles. The summed E-state index contributed by atoms with van der Waals surface area (Å²) in [6.07, 6.45) is 2.64. The molecule has 3 nitrogen and oxygen atoms in total.